The molecular weight excluding hydrogens is 494 g/mol. The van der Waals surface area contributed by atoms with Gasteiger partial charge in [0, 0.05) is 16.9 Å². The van der Waals surface area contributed by atoms with Crippen molar-refractivity contribution in [2.45, 2.75) is 5.41 Å². The van der Waals surface area contributed by atoms with Crippen molar-refractivity contribution in [1.29, 1.82) is 0 Å². The van der Waals surface area contributed by atoms with Gasteiger partial charge in [0.15, 0.2) is 0 Å². The van der Waals surface area contributed by atoms with E-state index in [2.05, 4.69) is 150 Å². The van der Waals surface area contributed by atoms with E-state index in [0.29, 0.717) is 0 Å². The number of benzene rings is 6. The molecule has 2 heteroatoms. The third-order valence-electron chi connectivity index (χ3n) is 8.34. The molecule has 0 heterocycles. The number of fused-ring (bicyclic) bond motifs is 10. The van der Waals surface area contributed by atoms with Gasteiger partial charge in [-0.1, -0.05) is 127 Å². The number of anilines is 3. The lowest BCUT2D eigenvalue weighted by atomic mass is 9.70. The minimum absolute atomic E-state index is 0.405. The molecule has 8 rings (SSSR count). The first-order valence-corrected chi connectivity index (χ1v) is 13.7. The summed E-state index contributed by atoms with van der Waals surface area (Å²) < 4.78 is 0. The number of rotatable bonds is 3. The van der Waals surface area contributed by atoms with Gasteiger partial charge >= 0.3 is 0 Å². The molecule has 0 saturated heterocycles. The Morgan fingerprint density at radius 2 is 0.846 bits per heavy atom. The van der Waals surface area contributed by atoms with Crippen LogP contribution in [0.2, 0.25) is 5.02 Å². The number of halogens is 1. The number of hydrogen-bond donors (Lipinski definition) is 0. The van der Waals surface area contributed by atoms with Crippen molar-refractivity contribution in [3.05, 3.63) is 173 Å². The lowest BCUT2D eigenvalue weighted by Crippen LogP contribution is -2.26. The van der Waals surface area contributed by atoms with Gasteiger partial charge in [-0.2, -0.15) is 0 Å². The lowest BCUT2D eigenvalue weighted by Gasteiger charge is -2.32. The van der Waals surface area contributed by atoms with Gasteiger partial charge in [0.25, 0.3) is 0 Å². The van der Waals surface area contributed by atoms with Crippen molar-refractivity contribution in [3.8, 4) is 22.3 Å². The van der Waals surface area contributed by atoms with E-state index in [1.165, 1.54) is 44.5 Å². The van der Waals surface area contributed by atoms with Crippen LogP contribution < -0.4 is 4.90 Å². The molecule has 2 aliphatic carbocycles. The van der Waals surface area contributed by atoms with Crippen molar-refractivity contribution >= 4 is 28.7 Å². The highest BCUT2D eigenvalue weighted by Crippen LogP contribution is 2.65. The maximum atomic E-state index is 7.22. The smallest absolute Gasteiger partial charge is 0.0729 e. The molecule has 6 aromatic carbocycles. The van der Waals surface area contributed by atoms with Gasteiger partial charge in [-0.3, -0.25) is 0 Å². The summed E-state index contributed by atoms with van der Waals surface area (Å²) in [6, 6.07) is 52.1. The first-order valence-electron chi connectivity index (χ1n) is 13.3. The maximum Gasteiger partial charge on any atom is 0.0729 e. The Morgan fingerprint density at radius 3 is 1.38 bits per heavy atom. The molecule has 0 atom stereocenters. The Kier molecular flexibility index (Phi) is 4.86. The highest BCUT2D eigenvalue weighted by atomic mass is 35.5. The minimum atomic E-state index is -0.405. The van der Waals surface area contributed by atoms with E-state index >= 15 is 0 Å². The number of hydrogen-bond acceptors (Lipinski definition) is 1. The van der Waals surface area contributed by atoms with Gasteiger partial charge in [-0.25, -0.2) is 0 Å². The van der Waals surface area contributed by atoms with Crippen LogP contribution in [0.3, 0.4) is 0 Å². The molecular formula is C37H24ClN. The van der Waals surface area contributed by atoms with Crippen molar-refractivity contribution < 1.29 is 0 Å². The van der Waals surface area contributed by atoms with Gasteiger partial charge in [0.1, 0.15) is 0 Å². The fourth-order valence-electron chi connectivity index (χ4n) is 6.92. The van der Waals surface area contributed by atoms with Crippen molar-refractivity contribution in [1.82, 2.24) is 0 Å². The molecule has 0 bridgehead atoms. The van der Waals surface area contributed by atoms with Crippen molar-refractivity contribution in [2.24, 2.45) is 0 Å². The first-order chi connectivity index (χ1) is 19.3. The van der Waals surface area contributed by atoms with Crippen LogP contribution in [0.5, 0.6) is 0 Å². The van der Waals surface area contributed by atoms with Gasteiger partial charge in [0.05, 0.1) is 16.1 Å². The van der Waals surface area contributed by atoms with E-state index in [4.69, 9.17) is 11.6 Å². The SMILES string of the molecule is Clc1ccc2c(c1N(c1ccccc1)c1ccccc1)-c1ccccc1C21c2ccccc2-c2ccccc21. The Hall–Kier alpha value is -4.59. The lowest BCUT2D eigenvalue weighted by molar-refractivity contribution is 0.794. The van der Waals surface area contributed by atoms with Crippen LogP contribution in [0, 0.1) is 0 Å². The van der Waals surface area contributed by atoms with Crippen LogP contribution in [-0.4, -0.2) is 0 Å². The summed E-state index contributed by atoms with van der Waals surface area (Å²) in [6.07, 6.45) is 0. The molecule has 0 saturated carbocycles. The first kappa shape index (κ1) is 22.4. The number of nitrogens with zero attached hydrogens (tertiary/aromatic N) is 1. The van der Waals surface area contributed by atoms with Crippen LogP contribution in [0.15, 0.2) is 146 Å². The predicted octanol–water partition coefficient (Wildman–Crippen LogP) is 10.2. The molecule has 0 radical (unpaired) electrons. The van der Waals surface area contributed by atoms with Crippen LogP contribution in [0.25, 0.3) is 22.3 Å². The Balaban J connectivity index is 1.53. The number of para-hydroxylation sites is 2. The molecule has 0 aromatic heterocycles. The third kappa shape index (κ3) is 2.97. The third-order valence-corrected chi connectivity index (χ3v) is 8.64. The molecule has 39 heavy (non-hydrogen) atoms. The molecule has 184 valence electrons. The zero-order chi connectivity index (χ0) is 26.0. The van der Waals surface area contributed by atoms with Gasteiger partial charge in [0.2, 0.25) is 0 Å². The summed E-state index contributed by atoms with van der Waals surface area (Å²) in [5, 5.41) is 0.730. The van der Waals surface area contributed by atoms with Gasteiger partial charge in [-0.05, 0) is 69.3 Å². The van der Waals surface area contributed by atoms with Crippen molar-refractivity contribution in [3.63, 3.8) is 0 Å². The van der Waals surface area contributed by atoms with Crippen LogP contribution in [-0.2, 0) is 5.41 Å². The quantitative estimate of drug-likeness (QED) is 0.225. The standard InChI is InChI=1S/C37H24ClN/c38-34-24-23-33-35(36(34)39(25-13-3-1-4-14-25)26-15-5-2-6-16-26)29-19-9-12-22-32(29)37(33)30-20-10-7-17-27(30)28-18-8-11-21-31(28)37/h1-24H. The molecule has 1 nitrogen and oxygen atoms in total. The van der Waals surface area contributed by atoms with Gasteiger partial charge < -0.3 is 4.90 Å². The zero-order valence-electron chi connectivity index (χ0n) is 21.2. The summed E-state index contributed by atoms with van der Waals surface area (Å²) in [5.41, 5.74) is 13.0. The fourth-order valence-corrected chi connectivity index (χ4v) is 7.16. The summed E-state index contributed by atoms with van der Waals surface area (Å²) in [7, 11) is 0. The Labute approximate surface area is 233 Å². The normalized spacial score (nSPS) is 13.5. The predicted molar refractivity (Wildman–Crippen MR) is 162 cm³/mol. The highest BCUT2D eigenvalue weighted by molar-refractivity contribution is 6.35. The van der Waals surface area contributed by atoms with E-state index in [-0.39, 0.29) is 0 Å². The Bertz CT molecular complexity index is 1790. The summed E-state index contributed by atoms with van der Waals surface area (Å²) in [5.74, 6) is 0. The Morgan fingerprint density at radius 1 is 0.410 bits per heavy atom. The average Bonchev–Trinajstić information content (AvgIpc) is 3.47. The van der Waals surface area contributed by atoms with E-state index in [9.17, 15) is 0 Å². The highest BCUT2D eigenvalue weighted by Gasteiger charge is 2.52. The molecule has 2 aliphatic rings. The topological polar surface area (TPSA) is 3.24 Å². The van der Waals surface area contributed by atoms with Crippen LogP contribution in [0.4, 0.5) is 17.1 Å². The monoisotopic (exact) mass is 517 g/mol. The fraction of sp³-hybridized carbons (Fsp3) is 0.0270. The summed E-state index contributed by atoms with van der Waals surface area (Å²) in [6.45, 7) is 0. The van der Waals surface area contributed by atoms with E-state index < -0.39 is 5.41 Å². The molecule has 1 spiro atoms. The van der Waals surface area contributed by atoms with Crippen LogP contribution in [0.1, 0.15) is 22.3 Å². The van der Waals surface area contributed by atoms with Crippen LogP contribution >= 0.6 is 11.6 Å². The maximum absolute atomic E-state index is 7.22. The summed E-state index contributed by atoms with van der Waals surface area (Å²) in [4.78, 5) is 2.31. The average molecular weight is 518 g/mol. The second-order valence-electron chi connectivity index (χ2n) is 10.2. The minimum Gasteiger partial charge on any atom is -0.308 e. The second-order valence-corrected chi connectivity index (χ2v) is 10.6. The van der Waals surface area contributed by atoms with E-state index in [1.807, 2.05) is 0 Å². The van der Waals surface area contributed by atoms with Gasteiger partial charge in [-0.15, -0.1) is 0 Å². The van der Waals surface area contributed by atoms with E-state index in [1.54, 1.807) is 0 Å². The van der Waals surface area contributed by atoms with Crippen molar-refractivity contribution in [2.75, 3.05) is 4.90 Å². The molecule has 0 fully saturated rings. The molecule has 0 N–H and O–H groups in total. The zero-order valence-corrected chi connectivity index (χ0v) is 21.9. The summed E-state index contributed by atoms with van der Waals surface area (Å²) >= 11 is 7.22. The second kappa shape index (κ2) is 8.46. The van der Waals surface area contributed by atoms with E-state index in [0.717, 1.165) is 22.1 Å². The molecule has 6 aromatic rings. The molecule has 0 aliphatic heterocycles. The molecule has 0 unspecified atom stereocenters. The largest absolute Gasteiger partial charge is 0.308 e. The molecule has 0 amide bonds.